The Hall–Kier alpha value is -2.67. The smallest absolute Gasteiger partial charge is 0.326 e. The van der Waals surface area contributed by atoms with Gasteiger partial charge in [0.2, 0.25) is 0 Å². The lowest BCUT2D eigenvalue weighted by Crippen LogP contribution is -2.42. The molecule has 0 saturated heterocycles. The minimum atomic E-state index is -1.06. The molecule has 0 spiro atoms. The Morgan fingerprint density at radius 3 is 2.76 bits per heavy atom. The van der Waals surface area contributed by atoms with Crippen molar-refractivity contribution in [2.45, 2.75) is 32.2 Å². The van der Waals surface area contributed by atoms with E-state index in [-0.39, 0.29) is 12.3 Å². The molecular formula is C18H19N3O3S. The molecule has 3 aromatic rings. The van der Waals surface area contributed by atoms with Crippen LogP contribution in [0, 0.1) is 0 Å². The zero-order chi connectivity index (χ0) is 18.0. The molecule has 3 N–H and O–H groups in total. The van der Waals surface area contributed by atoms with E-state index in [2.05, 4.69) is 15.3 Å². The van der Waals surface area contributed by atoms with E-state index >= 15 is 0 Å². The lowest BCUT2D eigenvalue weighted by molar-refractivity contribution is -0.139. The average molecular weight is 357 g/mol. The van der Waals surface area contributed by atoms with Crippen LogP contribution in [0.4, 0.5) is 0 Å². The number of aromatic amines is 1. The number of hydrogen-bond donors (Lipinski definition) is 3. The number of carboxylic acid groups (broad SMARTS) is 1. The van der Waals surface area contributed by atoms with E-state index in [1.54, 1.807) is 6.20 Å². The van der Waals surface area contributed by atoms with Crippen LogP contribution in [0.3, 0.4) is 0 Å². The minimum absolute atomic E-state index is 0.209. The lowest BCUT2D eigenvalue weighted by Gasteiger charge is -2.13. The highest BCUT2D eigenvalue weighted by Crippen LogP contribution is 2.22. The van der Waals surface area contributed by atoms with Gasteiger partial charge >= 0.3 is 5.97 Å². The Balaban J connectivity index is 1.77. The van der Waals surface area contributed by atoms with E-state index in [1.807, 2.05) is 38.1 Å². The third kappa shape index (κ3) is 3.71. The predicted molar refractivity (Wildman–Crippen MR) is 97.1 cm³/mol. The quantitative estimate of drug-likeness (QED) is 0.631. The topological polar surface area (TPSA) is 95.1 Å². The first-order valence-electron chi connectivity index (χ1n) is 8.00. The molecule has 2 aromatic heterocycles. The first-order chi connectivity index (χ1) is 12.0. The summed E-state index contributed by atoms with van der Waals surface area (Å²) in [7, 11) is 0. The van der Waals surface area contributed by atoms with Crippen molar-refractivity contribution in [1.82, 2.24) is 15.3 Å². The molecule has 0 aliphatic heterocycles. The van der Waals surface area contributed by atoms with Gasteiger partial charge in [-0.3, -0.25) is 4.79 Å². The average Bonchev–Trinajstić information content (AvgIpc) is 3.21. The van der Waals surface area contributed by atoms with Crippen LogP contribution < -0.4 is 5.32 Å². The number of H-pyrrole nitrogens is 1. The molecule has 0 radical (unpaired) electrons. The zero-order valence-corrected chi connectivity index (χ0v) is 14.8. The Kier molecular flexibility index (Phi) is 4.85. The van der Waals surface area contributed by atoms with E-state index in [0.29, 0.717) is 4.88 Å². The Bertz CT molecular complexity index is 913. The van der Waals surface area contributed by atoms with Gasteiger partial charge in [-0.05, 0) is 11.6 Å². The van der Waals surface area contributed by atoms with Crippen molar-refractivity contribution in [1.29, 1.82) is 0 Å². The summed E-state index contributed by atoms with van der Waals surface area (Å²) in [6, 6.07) is 6.67. The second-order valence-electron chi connectivity index (χ2n) is 6.15. The van der Waals surface area contributed by atoms with Gasteiger partial charge in [0.1, 0.15) is 10.9 Å². The van der Waals surface area contributed by atoms with E-state index in [1.165, 1.54) is 17.5 Å². The molecule has 0 bridgehead atoms. The Morgan fingerprint density at radius 2 is 2.08 bits per heavy atom. The summed E-state index contributed by atoms with van der Waals surface area (Å²) in [5.74, 6) is -1.24. The normalized spacial score (nSPS) is 12.4. The van der Waals surface area contributed by atoms with Crippen LogP contribution in [0.5, 0.6) is 0 Å². The van der Waals surface area contributed by atoms with Crippen molar-refractivity contribution >= 4 is 34.1 Å². The maximum Gasteiger partial charge on any atom is 0.326 e. The molecule has 1 unspecified atom stereocenters. The fourth-order valence-corrected chi connectivity index (χ4v) is 3.43. The molecule has 1 amide bonds. The van der Waals surface area contributed by atoms with Crippen molar-refractivity contribution in [3.8, 4) is 0 Å². The SMILES string of the molecule is CC(C)c1ncc(C(=O)NC(Cc2c[nH]c3ccccc23)C(=O)O)s1. The molecule has 1 aromatic carbocycles. The number of hydrogen-bond acceptors (Lipinski definition) is 4. The molecule has 3 rings (SSSR count). The van der Waals surface area contributed by atoms with Gasteiger partial charge in [-0.25, -0.2) is 9.78 Å². The largest absolute Gasteiger partial charge is 0.480 e. The number of fused-ring (bicyclic) bond motifs is 1. The minimum Gasteiger partial charge on any atom is -0.480 e. The van der Waals surface area contributed by atoms with Crippen LogP contribution in [0.1, 0.15) is 40.0 Å². The summed E-state index contributed by atoms with van der Waals surface area (Å²) in [6.45, 7) is 4.00. The second-order valence-corrected chi connectivity index (χ2v) is 7.21. The number of aromatic nitrogens is 2. The second kappa shape index (κ2) is 7.06. The summed E-state index contributed by atoms with van der Waals surface area (Å²) in [4.78, 5) is 31.7. The number of rotatable bonds is 6. The summed E-state index contributed by atoms with van der Waals surface area (Å²) >= 11 is 1.29. The number of nitrogens with zero attached hydrogens (tertiary/aromatic N) is 1. The molecule has 0 aliphatic rings. The van der Waals surface area contributed by atoms with Crippen molar-refractivity contribution in [2.75, 3.05) is 0 Å². The van der Waals surface area contributed by atoms with Gasteiger partial charge in [-0.2, -0.15) is 0 Å². The van der Waals surface area contributed by atoms with E-state index in [4.69, 9.17) is 0 Å². The first kappa shape index (κ1) is 17.2. The van der Waals surface area contributed by atoms with E-state index < -0.39 is 17.9 Å². The van der Waals surface area contributed by atoms with Gasteiger partial charge in [-0.15, -0.1) is 11.3 Å². The number of carbonyl (C=O) groups excluding carboxylic acids is 1. The van der Waals surface area contributed by atoms with Gasteiger partial charge < -0.3 is 15.4 Å². The van der Waals surface area contributed by atoms with Crippen LogP contribution in [0.15, 0.2) is 36.7 Å². The van der Waals surface area contributed by atoms with Crippen LogP contribution in [0.2, 0.25) is 0 Å². The Morgan fingerprint density at radius 1 is 1.32 bits per heavy atom. The number of nitrogens with one attached hydrogen (secondary N) is 2. The first-order valence-corrected chi connectivity index (χ1v) is 8.81. The number of thiazole rings is 1. The molecule has 6 nitrogen and oxygen atoms in total. The molecule has 130 valence electrons. The third-order valence-corrected chi connectivity index (χ3v) is 5.24. The summed E-state index contributed by atoms with van der Waals surface area (Å²) in [5.41, 5.74) is 1.80. The Labute approximate surface area is 148 Å². The van der Waals surface area contributed by atoms with Crippen LogP contribution >= 0.6 is 11.3 Å². The summed E-state index contributed by atoms with van der Waals surface area (Å²) < 4.78 is 0. The fourth-order valence-electron chi connectivity index (χ4n) is 2.61. The highest BCUT2D eigenvalue weighted by molar-refractivity contribution is 7.13. The van der Waals surface area contributed by atoms with Gasteiger partial charge in [-0.1, -0.05) is 32.0 Å². The van der Waals surface area contributed by atoms with Gasteiger partial charge in [0, 0.05) is 29.4 Å². The van der Waals surface area contributed by atoms with Crippen LogP contribution in [-0.4, -0.2) is 33.0 Å². The number of carboxylic acids is 1. The van der Waals surface area contributed by atoms with E-state index in [9.17, 15) is 14.7 Å². The molecule has 7 heteroatoms. The molecule has 25 heavy (non-hydrogen) atoms. The third-order valence-electron chi connectivity index (χ3n) is 3.94. The van der Waals surface area contributed by atoms with Gasteiger partial charge in [0.25, 0.3) is 5.91 Å². The highest BCUT2D eigenvalue weighted by atomic mass is 32.1. The number of benzene rings is 1. The van der Waals surface area contributed by atoms with Crippen molar-refractivity contribution in [2.24, 2.45) is 0 Å². The van der Waals surface area contributed by atoms with Crippen molar-refractivity contribution in [3.63, 3.8) is 0 Å². The van der Waals surface area contributed by atoms with E-state index in [0.717, 1.165) is 21.5 Å². The molecule has 0 aliphatic carbocycles. The molecule has 2 heterocycles. The predicted octanol–water partition coefficient (Wildman–Crippen LogP) is 3.17. The molecule has 1 atom stereocenters. The number of amides is 1. The van der Waals surface area contributed by atoms with Crippen molar-refractivity contribution in [3.05, 3.63) is 52.1 Å². The summed E-state index contributed by atoms with van der Waals surface area (Å²) in [6.07, 6.45) is 3.50. The van der Waals surface area contributed by atoms with Crippen LogP contribution in [0.25, 0.3) is 10.9 Å². The monoisotopic (exact) mass is 357 g/mol. The van der Waals surface area contributed by atoms with Crippen molar-refractivity contribution < 1.29 is 14.7 Å². The highest BCUT2D eigenvalue weighted by Gasteiger charge is 2.23. The fraction of sp³-hybridized carbons (Fsp3) is 0.278. The van der Waals surface area contributed by atoms with Crippen LogP contribution in [-0.2, 0) is 11.2 Å². The zero-order valence-electron chi connectivity index (χ0n) is 13.9. The van der Waals surface area contributed by atoms with Gasteiger partial charge in [0.05, 0.1) is 11.2 Å². The molecular weight excluding hydrogens is 338 g/mol. The maximum absolute atomic E-state index is 12.4. The maximum atomic E-state index is 12.4. The number of carbonyl (C=O) groups is 2. The standard InChI is InChI=1S/C18H19N3O3S/c1-10(2)17-20-9-15(25-17)16(22)21-14(18(23)24)7-11-8-19-13-6-4-3-5-12(11)13/h3-6,8-10,14,19H,7H2,1-2H3,(H,21,22)(H,23,24). The molecule has 0 saturated carbocycles. The van der Waals surface area contributed by atoms with Gasteiger partial charge in [0.15, 0.2) is 0 Å². The number of para-hydroxylation sites is 1. The molecule has 0 fully saturated rings. The lowest BCUT2D eigenvalue weighted by atomic mass is 10.0. The summed E-state index contributed by atoms with van der Waals surface area (Å²) in [5, 5.41) is 13.9. The number of aliphatic carboxylic acids is 1.